The Morgan fingerprint density at radius 2 is 2.27 bits per heavy atom. The normalized spacial score (nSPS) is 24.2. The molecule has 1 atom stereocenters. The zero-order valence-electron chi connectivity index (χ0n) is 6.40. The van der Waals surface area contributed by atoms with E-state index in [0.29, 0.717) is 0 Å². The van der Waals surface area contributed by atoms with Gasteiger partial charge in [-0.3, -0.25) is 0 Å². The molecule has 60 valence electrons. The van der Waals surface area contributed by atoms with Crippen LogP contribution in [0, 0.1) is 5.92 Å². The maximum Gasteiger partial charge on any atom is 0.119 e. The van der Waals surface area contributed by atoms with Gasteiger partial charge >= 0.3 is 0 Å². The van der Waals surface area contributed by atoms with Crippen molar-refractivity contribution in [3.63, 3.8) is 0 Å². The van der Waals surface area contributed by atoms with E-state index < -0.39 is 0 Å². The van der Waals surface area contributed by atoms with Crippen molar-refractivity contribution >= 4 is 0 Å². The van der Waals surface area contributed by atoms with Crippen LogP contribution in [0.2, 0.25) is 0 Å². The van der Waals surface area contributed by atoms with Crippen LogP contribution in [0.15, 0.2) is 12.7 Å². The summed E-state index contributed by atoms with van der Waals surface area (Å²) in [5.74, 6) is 0.769. The molecule has 4 nitrogen and oxygen atoms in total. The summed E-state index contributed by atoms with van der Waals surface area (Å²) in [7, 11) is 0. The smallest absolute Gasteiger partial charge is 0.119 e. The highest BCUT2D eigenvalue weighted by Gasteiger charge is 2.14. The average Bonchev–Trinajstić information content (AvgIpc) is 2.60. The quantitative estimate of drug-likeness (QED) is 0.643. The van der Waals surface area contributed by atoms with Crippen molar-refractivity contribution in [1.29, 1.82) is 0 Å². The summed E-state index contributed by atoms with van der Waals surface area (Å²) in [5, 5.41) is 10.8. The van der Waals surface area contributed by atoms with E-state index in [-0.39, 0.29) is 0 Å². The molecule has 0 unspecified atom stereocenters. The Morgan fingerprint density at radius 1 is 1.45 bits per heavy atom. The Labute approximate surface area is 65.6 Å². The van der Waals surface area contributed by atoms with Crippen molar-refractivity contribution in [2.45, 2.75) is 13.0 Å². The lowest BCUT2D eigenvalue weighted by atomic mass is 10.1. The lowest BCUT2D eigenvalue weighted by Crippen LogP contribution is -2.13. The second kappa shape index (κ2) is 3.00. The second-order valence-electron chi connectivity index (χ2n) is 3.02. The Balaban J connectivity index is 1.90. The van der Waals surface area contributed by atoms with Crippen LogP contribution in [0.3, 0.4) is 0 Å². The lowest BCUT2D eigenvalue weighted by Gasteiger charge is -2.06. The molecule has 4 heteroatoms. The first-order valence-electron chi connectivity index (χ1n) is 3.98. The van der Waals surface area contributed by atoms with Crippen LogP contribution in [0.4, 0.5) is 0 Å². The van der Waals surface area contributed by atoms with Gasteiger partial charge in [-0.2, -0.15) is 0 Å². The van der Waals surface area contributed by atoms with Crippen molar-refractivity contribution in [3.05, 3.63) is 12.7 Å². The first-order valence-corrected chi connectivity index (χ1v) is 3.98. The maximum atomic E-state index is 3.76. The Hall–Kier alpha value is -0.900. The van der Waals surface area contributed by atoms with E-state index in [0.717, 1.165) is 25.6 Å². The van der Waals surface area contributed by atoms with Crippen LogP contribution in [0.1, 0.15) is 6.42 Å². The molecule has 2 heterocycles. The molecular weight excluding hydrogens is 140 g/mol. The van der Waals surface area contributed by atoms with Gasteiger partial charge in [-0.05, 0) is 25.4 Å². The van der Waals surface area contributed by atoms with Gasteiger partial charge in [-0.1, -0.05) is 0 Å². The molecule has 1 aliphatic heterocycles. The van der Waals surface area contributed by atoms with Gasteiger partial charge in [0, 0.05) is 6.54 Å². The van der Waals surface area contributed by atoms with Crippen LogP contribution in [0.25, 0.3) is 0 Å². The highest BCUT2D eigenvalue weighted by molar-refractivity contribution is 4.73. The average molecular weight is 152 g/mol. The van der Waals surface area contributed by atoms with E-state index in [1.54, 1.807) is 12.7 Å². The molecular formula is C7H12N4. The number of hydrogen-bond acceptors (Lipinski definition) is 3. The van der Waals surface area contributed by atoms with E-state index in [1.807, 2.05) is 4.57 Å². The summed E-state index contributed by atoms with van der Waals surface area (Å²) in [6.07, 6.45) is 4.83. The third-order valence-corrected chi connectivity index (χ3v) is 2.10. The van der Waals surface area contributed by atoms with Gasteiger partial charge in [-0.25, -0.2) is 0 Å². The molecule has 0 bridgehead atoms. The summed E-state index contributed by atoms with van der Waals surface area (Å²) in [6.45, 7) is 3.35. The largest absolute Gasteiger partial charge is 0.320 e. The predicted octanol–water partition coefficient (Wildman–Crippen LogP) is -0.112. The standard InChI is InChI=1S/C7H12N4/c1-2-8-3-7(1)4-11-5-9-10-6-11/h5-8H,1-4H2/t7-/m1/s1. The van der Waals surface area contributed by atoms with E-state index >= 15 is 0 Å². The monoisotopic (exact) mass is 152 g/mol. The van der Waals surface area contributed by atoms with E-state index in [2.05, 4.69) is 15.5 Å². The molecule has 1 saturated heterocycles. The third-order valence-electron chi connectivity index (χ3n) is 2.10. The van der Waals surface area contributed by atoms with Crippen molar-refractivity contribution in [3.8, 4) is 0 Å². The van der Waals surface area contributed by atoms with Crippen LogP contribution in [-0.4, -0.2) is 27.9 Å². The van der Waals surface area contributed by atoms with Crippen molar-refractivity contribution in [1.82, 2.24) is 20.1 Å². The zero-order valence-corrected chi connectivity index (χ0v) is 6.40. The zero-order chi connectivity index (χ0) is 7.52. The van der Waals surface area contributed by atoms with E-state index in [9.17, 15) is 0 Å². The number of aromatic nitrogens is 3. The molecule has 0 aromatic carbocycles. The number of nitrogens with one attached hydrogen (secondary N) is 1. The fraction of sp³-hybridized carbons (Fsp3) is 0.714. The molecule has 0 spiro atoms. The van der Waals surface area contributed by atoms with Gasteiger partial charge in [0.15, 0.2) is 0 Å². The van der Waals surface area contributed by atoms with Gasteiger partial charge < -0.3 is 9.88 Å². The van der Waals surface area contributed by atoms with Crippen molar-refractivity contribution < 1.29 is 0 Å². The van der Waals surface area contributed by atoms with Gasteiger partial charge in [0.25, 0.3) is 0 Å². The topological polar surface area (TPSA) is 42.7 Å². The molecule has 1 N–H and O–H groups in total. The van der Waals surface area contributed by atoms with Gasteiger partial charge in [0.1, 0.15) is 12.7 Å². The second-order valence-corrected chi connectivity index (χ2v) is 3.02. The van der Waals surface area contributed by atoms with E-state index in [1.165, 1.54) is 6.42 Å². The lowest BCUT2D eigenvalue weighted by molar-refractivity contribution is 0.480. The molecule has 1 aliphatic rings. The summed E-state index contributed by atoms with van der Waals surface area (Å²) >= 11 is 0. The van der Waals surface area contributed by atoms with Crippen molar-refractivity contribution in [2.75, 3.05) is 13.1 Å². The Kier molecular flexibility index (Phi) is 1.85. The first-order chi connectivity index (χ1) is 5.45. The molecule has 1 aromatic rings. The Morgan fingerprint density at radius 3 is 2.91 bits per heavy atom. The molecule has 1 fully saturated rings. The Bertz CT molecular complexity index is 200. The number of hydrogen-bond donors (Lipinski definition) is 1. The molecule has 0 amide bonds. The molecule has 1 aromatic heterocycles. The number of nitrogens with zero attached hydrogens (tertiary/aromatic N) is 3. The molecule has 11 heavy (non-hydrogen) atoms. The minimum atomic E-state index is 0.769. The fourth-order valence-electron chi connectivity index (χ4n) is 1.48. The third kappa shape index (κ3) is 1.57. The van der Waals surface area contributed by atoms with Gasteiger partial charge in [-0.15, -0.1) is 10.2 Å². The predicted molar refractivity (Wildman–Crippen MR) is 41.0 cm³/mol. The minimum absolute atomic E-state index is 0.769. The highest BCUT2D eigenvalue weighted by atomic mass is 15.2. The summed E-state index contributed by atoms with van der Waals surface area (Å²) in [5.41, 5.74) is 0. The van der Waals surface area contributed by atoms with Crippen LogP contribution < -0.4 is 5.32 Å². The van der Waals surface area contributed by atoms with Crippen LogP contribution >= 0.6 is 0 Å². The molecule has 0 aliphatic carbocycles. The van der Waals surface area contributed by atoms with Crippen LogP contribution in [0.5, 0.6) is 0 Å². The fourth-order valence-corrected chi connectivity index (χ4v) is 1.48. The number of rotatable bonds is 2. The van der Waals surface area contributed by atoms with Gasteiger partial charge in [0.2, 0.25) is 0 Å². The maximum absolute atomic E-state index is 3.76. The summed E-state index contributed by atoms with van der Waals surface area (Å²) in [6, 6.07) is 0. The molecule has 0 saturated carbocycles. The van der Waals surface area contributed by atoms with E-state index in [4.69, 9.17) is 0 Å². The van der Waals surface area contributed by atoms with Gasteiger partial charge in [0.05, 0.1) is 0 Å². The first kappa shape index (κ1) is 6.79. The SMILES string of the molecule is c1nncn1C[C@@H]1CCNC1. The minimum Gasteiger partial charge on any atom is -0.320 e. The highest BCUT2D eigenvalue weighted by Crippen LogP contribution is 2.09. The van der Waals surface area contributed by atoms with Crippen molar-refractivity contribution in [2.24, 2.45) is 5.92 Å². The summed E-state index contributed by atoms with van der Waals surface area (Å²) < 4.78 is 2.04. The van der Waals surface area contributed by atoms with Crippen LogP contribution in [-0.2, 0) is 6.54 Å². The molecule has 2 rings (SSSR count). The summed E-state index contributed by atoms with van der Waals surface area (Å²) in [4.78, 5) is 0. The molecule has 0 radical (unpaired) electrons.